The summed E-state index contributed by atoms with van der Waals surface area (Å²) in [6.45, 7) is 1.72. The second kappa shape index (κ2) is 11.7. The number of aromatic nitrogens is 1. The number of pyridine rings is 1. The number of nitriles is 1. The first-order valence-corrected chi connectivity index (χ1v) is 12.6. The van der Waals surface area contributed by atoms with Gasteiger partial charge in [0.2, 0.25) is 0 Å². The van der Waals surface area contributed by atoms with E-state index in [-0.39, 0.29) is 23.0 Å². The molecular formula is C29H22ClN3O3S. The summed E-state index contributed by atoms with van der Waals surface area (Å²) in [7, 11) is 1.57. The van der Waals surface area contributed by atoms with Crippen molar-refractivity contribution in [1.82, 2.24) is 4.98 Å². The quantitative estimate of drug-likeness (QED) is 0.200. The van der Waals surface area contributed by atoms with Gasteiger partial charge in [-0.2, -0.15) is 5.26 Å². The monoisotopic (exact) mass is 527 g/mol. The third kappa shape index (κ3) is 6.00. The van der Waals surface area contributed by atoms with Crippen LogP contribution in [0.15, 0.2) is 83.9 Å². The smallest absolute Gasteiger partial charge is 0.258 e. The average molecular weight is 528 g/mol. The van der Waals surface area contributed by atoms with Crippen LogP contribution in [0.4, 0.5) is 5.69 Å². The molecule has 1 heterocycles. The van der Waals surface area contributed by atoms with Gasteiger partial charge in [0.25, 0.3) is 5.91 Å². The van der Waals surface area contributed by atoms with E-state index in [1.807, 2.05) is 18.2 Å². The summed E-state index contributed by atoms with van der Waals surface area (Å²) in [5.74, 6) is 0.209. The Labute approximate surface area is 224 Å². The standard InChI is InChI=1S/C29H22ClN3O3S/c1-18-26(28(35)33-22-6-4-3-5-7-22)27(20-10-14-23(36-2)15-11-20)24(16-31)29(32-18)37-17-25(34)19-8-12-21(30)13-9-19/h3-15H,17H2,1-2H3,(H,33,35). The van der Waals surface area contributed by atoms with Crippen LogP contribution in [-0.4, -0.2) is 29.5 Å². The van der Waals surface area contributed by atoms with Gasteiger partial charge in [-0.25, -0.2) is 4.98 Å². The minimum absolute atomic E-state index is 0.0698. The Kier molecular flexibility index (Phi) is 8.24. The van der Waals surface area contributed by atoms with Crippen molar-refractivity contribution in [2.24, 2.45) is 0 Å². The van der Waals surface area contributed by atoms with Gasteiger partial charge in [-0.15, -0.1) is 0 Å². The molecule has 0 bridgehead atoms. The highest BCUT2D eigenvalue weighted by molar-refractivity contribution is 8.00. The predicted octanol–water partition coefficient (Wildman–Crippen LogP) is 6.82. The van der Waals surface area contributed by atoms with E-state index in [4.69, 9.17) is 16.3 Å². The molecule has 0 aliphatic rings. The van der Waals surface area contributed by atoms with Crippen molar-refractivity contribution >= 4 is 40.7 Å². The fraction of sp³-hybridized carbons (Fsp3) is 0.103. The fourth-order valence-electron chi connectivity index (χ4n) is 3.78. The van der Waals surface area contributed by atoms with Crippen LogP contribution in [0.2, 0.25) is 5.02 Å². The lowest BCUT2D eigenvalue weighted by Gasteiger charge is -2.17. The van der Waals surface area contributed by atoms with Crippen LogP contribution in [0.25, 0.3) is 11.1 Å². The van der Waals surface area contributed by atoms with E-state index < -0.39 is 0 Å². The van der Waals surface area contributed by atoms with Gasteiger partial charge in [0.05, 0.1) is 29.7 Å². The number of benzene rings is 3. The Morgan fingerprint density at radius 3 is 2.32 bits per heavy atom. The third-order valence-electron chi connectivity index (χ3n) is 5.60. The summed E-state index contributed by atoms with van der Waals surface area (Å²) >= 11 is 7.09. The largest absolute Gasteiger partial charge is 0.497 e. The molecule has 0 fully saturated rings. The molecule has 0 spiro atoms. The van der Waals surface area contributed by atoms with Gasteiger partial charge in [-0.1, -0.05) is 53.7 Å². The van der Waals surface area contributed by atoms with Crippen molar-refractivity contribution in [3.63, 3.8) is 0 Å². The Hall–Kier alpha value is -4.12. The van der Waals surface area contributed by atoms with E-state index in [2.05, 4.69) is 16.4 Å². The second-order valence-electron chi connectivity index (χ2n) is 8.01. The number of anilines is 1. The van der Waals surface area contributed by atoms with Crippen molar-refractivity contribution in [1.29, 1.82) is 5.26 Å². The number of hydrogen-bond acceptors (Lipinski definition) is 6. The Bertz CT molecular complexity index is 1480. The zero-order valence-corrected chi connectivity index (χ0v) is 21.7. The molecule has 6 nitrogen and oxygen atoms in total. The number of thioether (sulfide) groups is 1. The molecule has 37 heavy (non-hydrogen) atoms. The minimum Gasteiger partial charge on any atom is -0.497 e. The molecule has 0 saturated heterocycles. The number of methoxy groups -OCH3 is 1. The minimum atomic E-state index is -0.382. The van der Waals surface area contributed by atoms with Crippen molar-refractivity contribution < 1.29 is 14.3 Å². The molecule has 3 aromatic carbocycles. The van der Waals surface area contributed by atoms with E-state index in [0.717, 1.165) is 11.8 Å². The summed E-state index contributed by atoms with van der Waals surface area (Å²) in [6, 6.07) is 25.0. The molecule has 1 aromatic heterocycles. The number of rotatable bonds is 8. The number of carbonyl (C=O) groups excluding carboxylic acids is 2. The Morgan fingerprint density at radius 2 is 1.70 bits per heavy atom. The average Bonchev–Trinajstić information content (AvgIpc) is 2.92. The number of hydrogen-bond donors (Lipinski definition) is 1. The number of aryl methyl sites for hydroxylation is 1. The summed E-state index contributed by atoms with van der Waals surface area (Å²) < 4.78 is 5.27. The van der Waals surface area contributed by atoms with Gasteiger partial charge >= 0.3 is 0 Å². The van der Waals surface area contributed by atoms with Crippen LogP contribution in [0, 0.1) is 18.3 Å². The van der Waals surface area contributed by atoms with Crippen LogP contribution in [0.1, 0.15) is 32.0 Å². The number of Topliss-reactive ketones (excluding diaryl/α,β-unsaturated/α-hetero) is 1. The van der Waals surface area contributed by atoms with E-state index in [9.17, 15) is 14.9 Å². The summed E-state index contributed by atoms with van der Waals surface area (Å²) in [5, 5.41) is 14.0. The highest BCUT2D eigenvalue weighted by Gasteiger charge is 2.25. The molecular weight excluding hydrogens is 506 g/mol. The van der Waals surface area contributed by atoms with E-state index >= 15 is 0 Å². The van der Waals surface area contributed by atoms with Crippen molar-refractivity contribution in [3.8, 4) is 22.9 Å². The van der Waals surface area contributed by atoms with Crippen molar-refractivity contribution in [3.05, 3.63) is 106 Å². The lowest BCUT2D eigenvalue weighted by molar-refractivity contribution is 0.101. The van der Waals surface area contributed by atoms with Crippen molar-refractivity contribution in [2.45, 2.75) is 11.9 Å². The normalized spacial score (nSPS) is 10.4. The van der Waals surface area contributed by atoms with Gasteiger partial charge < -0.3 is 10.1 Å². The fourth-order valence-corrected chi connectivity index (χ4v) is 4.83. The first-order valence-electron chi connectivity index (χ1n) is 11.3. The highest BCUT2D eigenvalue weighted by atomic mass is 35.5. The predicted molar refractivity (Wildman–Crippen MR) is 147 cm³/mol. The number of nitrogens with one attached hydrogen (secondary N) is 1. The molecule has 4 aromatic rings. The van der Waals surface area contributed by atoms with Gasteiger partial charge in [0, 0.05) is 21.8 Å². The maximum atomic E-state index is 13.5. The zero-order valence-electron chi connectivity index (χ0n) is 20.1. The van der Waals surface area contributed by atoms with Gasteiger partial charge in [-0.05, 0) is 61.0 Å². The maximum Gasteiger partial charge on any atom is 0.258 e. The molecule has 0 aliphatic heterocycles. The van der Waals surface area contributed by atoms with Gasteiger partial charge in [-0.3, -0.25) is 9.59 Å². The molecule has 0 atom stereocenters. The lowest BCUT2D eigenvalue weighted by Crippen LogP contribution is -2.17. The number of halogens is 1. The molecule has 0 saturated carbocycles. The van der Waals surface area contributed by atoms with Crippen LogP contribution >= 0.6 is 23.4 Å². The van der Waals surface area contributed by atoms with E-state index in [1.165, 1.54) is 0 Å². The topological polar surface area (TPSA) is 92.1 Å². The van der Waals surface area contributed by atoms with Crippen LogP contribution < -0.4 is 10.1 Å². The SMILES string of the molecule is COc1ccc(-c2c(C#N)c(SCC(=O)c3ccc(Cl)cc3)nc(C)c2C(=O)Nc2ccccc2)cc1. The Morgan fingerprint density at radius 1 is 1.03 bits per heavy atom. The number of ether oxygens (including phenoxy) is 1. The number of para-hydroxylation sites is 1. The highest BCUT2D eigenvalue weighted by Crippen LogP contribution is 2.36. The van der Waals surface area contributed by atoms with E-state index in [1.54, 1.807) is 74.7 Å². The zero-order chi connectivity index (χ0) is 26.4. The molecule has 4 rings (SSSR count). The lowest BCUT2D eigenvalue weighted by atomic mass is 9.94. The first-order chi connectivity index (χ1) is 17.9. The molecule has 1 N–H and O–H groups in total. The molecule has 184 valence electrons. The first kappa shape index (κ1) is 26.0. The number of ketones is 1. The number of carbonyl (C=O) groups is 2. The van der Waals surface area contributed by atoms with Gasteiger partial charge in [0.15, 0.2) is 5.78 Å². The summed E-state index contributed by atoms with van der Waals surface area (Å²) in [6.07, 6.45) is 0. The summed E-state index contributed by atoms with van der Waals surface area (Å²) in [5.41, 5.74) is 3.21. The molecule has 0 radical (unpaired) electrons. The number of nitrogens with zero attached hydrogens (tertiary/aromatic N) is 2. The molecule has 0 aliphatic carbocycles. The Balaban J connectivity index is 1.77. The van der Waals surface area contributed by atoms with Crippen LogP contribution in [0.3, 0.4) is 0 Å². The molecule has 0 unspecified atom stereocenters. The molecule has 8 heteroatoms. The van der Waals surface area contributed by atoms with Crippen molar-refractivity contribution in [2.75, 3.05) is 18.2 Å². The van der Waals surface area contributed by atoms with Crippen LogP contribution in [-0.2, 0) is 0 Å². The second-order valence-corrected chi connectivity index (χ2v) is 9.41. The maximum absolute atomic E-state index is 13.5. The van der Waals surface area contributed by atoms with Crippen LogP contribution in [0.5, 0.6) is 5.75 Å². The molecule has 1 amide bonds. The summed E-state index contributed by atoms with van der Waals surface area (Å²) in [4.78, 5) is 30.8. The van der Waals surface area contributed by atoms with Gasteiger partial charge in [0.1, 0.15) is 16.8 Å². The third-order valence-corrected chi connectivity index (χ3v) is 6.83. The van der Waals surface area contributed by atoms with E-state index in [0.29, 0.717) is 49.4 Å². The number of amides is 1.